The minimum absolute atomic E-state index is 0.336. The van der Waals surface area contributed by atoms with Crippen molar-refractivity contribution in [1.82, 2.24) is 14.6 Å². The quantitative estimate of drug-likeness (QED) is 0.804. The highest BCUT2D eigenvalue weighted by Gasteiger charge is 2.25. The van der Waals surface area contributed by atoms with Crippen LogP contribution in [0.25, 0.3) is 0 Å². The molecule has 0 aliphatic heterocycles. The molecule has 17 heavy (non-hydrogen) atoms. The molecule has 0 aliphatic rings. The molecule has 0 amide bonds. The maximum absolute atomic E-state index is 12.1. The van der Waals surface area contributed by atoms with Gasteiger partial charge < -0.3 is 5.32 Å². The number of nitrogens with one attached hydrogen (secondary N) is 1. The van der Waals surface area contributed by atoms with Gasteiger partial charge in [-0.15, -0.1) is 11.3 Å². The number of thiazole rings is 1. The predicted octanol–water partition coefficient (Wildman–Crippen LogP) is 0.903. The molecule has 98 valence electrons. The average Bonchev–Trinajstić information content (AvgIpc) is 2.78. The van der Waals surface area contributed by atoms with Crippen molar-refractivity contribution in [3.8, 4) is 0 Å². The largest absolute Gasteiger partial charge is 0.316 e. The van der Waals surface area contributed by atoms with Gasteiger partial charge in [0, 0.05) is 19.0 Å². The van der Waals surface area contributed by atoms with Crippen LogP contribution in [-0.2, 0) is 16.6 Å². The van der Waals surface area contributed by atoms with Gasteiger partial charge in [0.05, 0.1) is 23.0 Å². The standard InChI is InChI=1S/C10H19N3O2S2/c1-4-11-5-9(2)17(14,15)13(3)6-10-7-16-8-12-10/h7-9,11H,4-6H2,1-3H3. The Kier molecular flexibility index (Phi) is 5.51. The first-order chi connectivity index (χ1) is 7.98. The van der Waals surface area contributed by atoms with Crippen LogP contribution in [0.3, 0.4) is 0 Å². The maximum Gasteiger partial charge on any atom is 0.218 e. The second-order valence-corrected chi connectivity index (χ2v) is 7.08. The lowest BCUT2D eigenvalue weighted by Gasteiger charge is -2.21. The third-order valence-electron chi connectivity index (χ3n) is 2.49. The van der Waals surface area contributed by atoms with E-state index in [-0.39, 0.29) is 0 Å². The molecule has 0 saturated carbocycles. The minimum atomic E-state index is -3.25. The van der Waals surface area contributed by atoms with Crippen molar-refractivity contribution in [2.75, 3.05) is 20.1 Å². The summed E-state index contributed by atoms with van der Waals surface area (Å²) in [6, 6.07) is 0. The summed E-state index contributed by atoms with van der Waals surface area (Å²) in [5.41, 5.74) is 2.49. The molecule has 0 aliphatic carbocycles. The number of aromatic nitrogens is 1. The van der Waals surface area contributed by atoms with Gasteiger partial charge >= 0.3 is 0 Å². The van der Waals surface area contributed by atoms with E-state index in [0.29, 0.717) is 13.1 Å². The summed E-state index contributed by atoms with van der Waals surface area (Å²) in [4.78, 5) is 4.09. The first-order valence-corrected chi connectivity index (χ1v) is 7.96. The molecule has 1 atom stereocenters. The number of hydrogen-bond donors (Lipinski definition) is 1. The summed E-state index contributed by atoms with van der Waals surface area (Å²) in [5, 5.41) is 4.49. The Hall–Kier alpha value is -0.500. The molecule has 1 unspecified atom stereocenters. The second kappa shape index (κ2) is 6.44. The molecule has 1 aromatic heterocycles. The van der Waals surface area contributed by atoms with E-state index in [4.69, 9.17) is 0 Å². The Labute approximate surface area is 107 Å². The maximum atomic E-state index is 12.1. The van der Waals surface area contributed by atoms with Crippen molar-refractivity contribution < 1.29 is 8.42 Å². The van der Waals surface area contributed by atoms with Crippen molar-refractivity contribution in [1.29, 1.82) is 0 Å². The topological polar surface area (TPSA) is 62.3 Å². The average molecular weight is 277 g/mol. The van der Waals surface area contributed by atoms with Crippen LogP contribution in [0.15, 0.2) is 10.9 Å². The summed E-state index contributed by atoms with van der Waals surface area (Å²) in [7, 11) is -1.66. The van der Waals surface area contributed by atoms with Gasteiger partial charge in [0.1, 0.15) is 0 Å². The normalized spacial score (nSPS) is 14.1. The van der Waals surface area contributed by atoms with Gasteiger partial charge in [-0.25, -0.2) is 13.4 Å². The minimum Gasteiger partial charge on any atom is -0.316 e. The van der Waals surface area contributed by atoms with E-state index in [1.54, 1.807) is 19.5 Å². The Morgan fingerprint density at radius 3 is 2.82 bits per heavy atom. The molecule has 0 radical (unpaired) electrons. The fourth-order valence-electron chi connectivity index (χ4n) is 1.39. The highest BCUT2D eigenvalue weighted by atomic mass is 32.2. The molecule has 1 aromatic rings. The van der Waals surface area contributed by atoms with Crippen LogP contribution < -0.4 is 5.32 Å². The van der Waals surface area contributed by atoms with Gasteiger partial charge in [0.15, 0.2) is 0 Å². The van der Waals surface area contributed by atoms with Gasteiger partial charge in [0.2, 0.25) is 10.0 Å². The lowest BCUT2D eigenvalue weighted by atomic mass is 10.5. The van der Waals surface area contributed by atoms with Crippen molar-refractivity contribution in [2.45, 2.75) is 25.6 Å². The van der Waals surface area contributed by atoms with E-state index in [2.05, 4.69) is 10.3 Å². The number of sulfonamides is 1. The Morgan fingerprint density at radius 2 is 2.29 bits per heavy atom. The van der Waals surface area contributed by atoms with Crippen LogP contribution in [0.2, 0.25) is 0 Å². The fraction of sp³-hybridized carbons (Fsp3) is 0.700. The first-order valence-electron chi connectivity index (χ1n) is 5.51. The van der Waals surface area contributed by atoms with Crippen LogP contribution in [0.5, 0.6) is 0 Å². The van der Waals surface area contributed by atoms with Gasteiger partial charge in [-0.3, -0.25) is 0 Å². The van der Waals surface area contributed by atoms with E-state index in [1.165, 1.54) is 15.6 Å². The number of rotatable bonds is 7. The Balaban J connectivity index is 2.63. The van der Waals surface area contributed by atoms with Gasteiger partial charge in [0.25, 0.3) is 0 Å². The summed E-state index contributed by atoms with van der Waals surface area (Å²) in [6.45, 7) is 5.26. The third-order valence-corrected chi connectivity index (χ3v) is 5.31. The summed E-state index contributed by atoms with van der Waals surface area (Å²) >= 11 is 1.47. The monoisotopic (exact) mass is 277 g/mol. The lowest BCUT2D eigenvalue weighted by molar-refractivity contribution is 0.451. The summed E-state index contributed by atoms with van der Waals surface area (Å²) in [6.07, 6.45) is 0. The van der Waals surface area contributed by atoms with Crippen molar-refractivity contribution >= 4 is 21.4 Å². The zero-order valence-corrected chi connectivity index (χ0v) is 12.0. The number of hydrogen-bond acceptors (Lipinski definition) is 5. The molecule has 1 N–H and O–H groups in total. The van der Waals surface area contributed by atoms with E-state index in [0.717, 1.165) is 12.2 Å². The first kappa shape index (κ1) is 14.6. The molecular formula is C10H19N3O2S2. The molecule has 5 nitrogen and oxygen atoms in total. The molecule has 0 aromatic carbocycles. The fourth-order valence-corrected chi connectivity index (χ4v) is 3.20. The Bertz CT molecular complexity index is 417. The smallest absolute Gasteiger partial charge is 0.218 e. The van der Waals surface area contributed by atoms with Crippen molar-refractivity contribution in [3.05, 3.63) is 16.6 Å². The summed E-state index contributed by atoms with van der Waals surface area (Å²) in [5.74, 6) is 0. The molecular weight excluding hydrogens is 258 g/mol. The zero-order valence-electron chi connectivity index (χ0n) is 10.4. The third kappa shape index (κ3) is 4.02. The van der Waals surface area contributed by atoms with Crippen molar-refractivity contribution in [2.24, 2.45) is 0 Å². The molecule has 7 heteroatoms. The van der Waals surface area contributed by atoms with Crippen LogP contribution in [0, 0.1) is 0 Å². The van der Waals surface area contributed by atoms with Gasteiger partial charge in [-0.05, 0) is 13.5 Å². The predicted molar refractivity (Wildman–Crippen MR) is 70.5 cm³/mol. The number of nitrogens with zero attached hydrogens (tertiary/aromatic N) is 2. The van der Waals surface area contributed by atoms with Gasteiger partial charge in [-0.2, -0.15) is 4.31 Å². The van der Waals surface area contributed by atoms with Crippen LogP contribution in [-0.4, -0.2) is 43.1 Å². The SMILES string of the molecule is CCNCC(C)S(=O)(=O)N(C)Cc1cscn1. The van der Waals surface area contributed by atoms with Gasteiger partial charge in [-0.1, -0.05) is 6.92 Å². The molecule has 0 fully saturated rings. The second-order valence-electron chi connectivity index (χ2n) is 3.90. The van der Waals surface area contributed by atoms with Crippen LogP contribution in [0.1, 0.15) is 19.5 Å². The molecule has 1 heterocycles. The van der Waals surface area contributed by atoms with E-state index >= 15 is 0 Å². The van der Waals surface area contributed by atoms with Crippen LogP contribution >= 0.6 is 11.3 Å². The molecule has 0 saturated heterocycles. The van der Waals surface area contributed by atoms with Crippen molar-refractivity contribution in [3.63, 3.8) is 0 Å². The molecule has 0 bridgehead atoms. The lowest BCUT2D eigenvalue weighted by Crippen LogP contribution is -2.39. The van der Waals surface area contributed by atoms with Crippen LogP contribution in [0.4, 0.5) is 0 Å². The van der Waals surface area contributed by atoms with E-state index in [1.807, 2.05) is 12.3 Å². The van der Waals surface area contributed by atoms with E-state index < -0.39 is 15.3 Å². The Morgan fingerprint density at radius 1 is 1.59 bits per heavy atom. The molecule has 1 rings (SSSR count). The zero-order chi connectivity index (χ0) is 12.9. The highest BCUT2D eigenvalue weighted by Crippen LogP contribution is 2.11. The molecule has 0 spiro atoms. The van der Waals surface area contributed by atoms with E-state index in [9.17, 15) is 8.42 Å². The summed E-state index contributed by atoms with van der Waals surface area (Å²) < 4.78 is 25.6. The highest BCUT2D eigenvalue weighted by molar-refractivity contribution is 7.89.